The summed E-state index contributed by atoms with van der Waals surface area (Å²) in [7, 11) is 1.47. The fourth-order valence-corrected chi connectivity index (χ4v) is 2.70. The molecule has 1 heterocycles. The number of anilines is 1. The standard InChI is InChI=1S/C17H16FN3O4/c1-25-13-4-2-11(15(18)9-13)6-7-20-10-19-16-8-12(21(23)24)3-5-14(16)17(20)22/h2-5,8-9,19H,6-7,10H2,1H3. The Labute approximate surface area is 143 Å². The van der Waals surface area contributed by atoms with Gasteiger partial charge in [-0.05, 0) is 24.1 Å². The zero-order chi connectivity index (χ0) is 18.0. The van der Waals surface area contributed by atoms with E-state index in [1.807, 2.05) is 0 Å². The number of nitro benzene ring substituents is 1. The maximum atomic E-state index is 14.0. The van der Waals surface area contributed by atoms with Crippen molar-refractivity contribution in [1.82, 2.24) is 4.90 Å². The highest BCUT2D eigenvalue weighted by molar-refractivity contribution is 6.01. The summed E-state index contributed by atoms with van der Waals surface area (Å²) in [6.07, 6.45) is 0.353. The fourth-order valence-electron chi connectivity index (χ4n) is 2.70. The molecule has 0 fully saturated rings. The first kappa shape index (κ1) is 16.7. The topological polar surface area (TPSA) is 84.7 Å². The van der Waals surface area contributed by atoms with E-state index in [4.69, 9.17) is 4.74 Å². The van der Waals surface area contributed by atoms with E-state index >= 15 is 0 Å². The maximum absolute atomic E-state index is 14.0. The highest BCUT2D eigenvalue weighted by Crippen LogP contribution is 2.27. The Balaban J connectivity index is 1.71. The van der Waals surface area contributed by atoms with E-state index in [-0.39, 0.29) is 24.1 Å². The molecule has 0 spiro atoms. The average Bonchev–Trinajstić information content (AvgIpc) is 2.61. The number of rotatable bonds is 5. The van der Waals surface area contributed by atoms with E-state index in [0.29, 0.717) is 35.5 Å². The number of amides is 1. The summed E-state index contributed by atoms with van der Waals surface area (Å²) in [6.45, 7) is 0.538. The number of ether oxygens (including phenoxy) is 1. The molecule has 0 saturated carbocycles. The predicted molar refractivity (Wildman–Crippen MR) is 89.3 cm³/mol. The molecule has 0 radical (unpaired) electrons. The third-order valence-corrected chi connectivity index (χ3v) is 4.10. The van der Waals surface area contributed by atoms with Gasteiger partial charge in [0.2, 0.25) is 0 Å². The van der Waals surface area contributed by atoms with Crippen molar-refractivity contribution >= 4 is 17.3 Å². The van der Waals surface area contributed by atoms with Crippen molar-refractivity contribution in [1.29, 1.82) is 0 Å². The Bertz CT molecular complexity index is 841. The van der Waals surface area contributed by atoms with Crippen molar-refractivity contribution in [2.45, 2.75) is 6.42 Å². The molecule has 1 aliphatic heterocycles. The van der Waals surface area contributed by atoms with Gasteiger partial charge in [-0.25, -0.2) is 4.39 Å². The van der Waals surface area contributed by atoms with Gasteiger partial charge in [0.25, 0.3) is 11.6 Å². The van der Waals surface area contributed by atoms with Crippen molar-refractivity contribution < 1.29 is 18.8 Å². The Kier molecular flexibility index (Phi) is 4.51. The van der Waals surface area contributed by atoms with Crippen molar-refractivity contribution in [3.8, 4) is 5.75 Å². The quantitative estimate of drug-likeness (QED) is 0.665. The van der Waals surface area contributed by atoms with Crippen LogP contribution < -0.4 is 10.1 Å². The molecule has 2 aromatic carbocycles. The van der Waals surface area contributed by atoms with Gasteiger partial charge in [0.05, 0.1) is 30.0 Å². The third kappa shape index (κ3) is 3.37. The molecule has 1 N–H and O–H groups in total. The number of hydrogen-bond acceptors (Lipinski definition) is 5. The zero-order valence-electron chi connectivity index (χ0n) is 13.5. The minimum Gasteiger partial charge on any atom is -0.497 e. The molecule has 0 bridgehead atoms. The number of benzene rings is 2. The molecule has 0 aromatic heterocycles. The fraction of sp³-hybridized carbons (Fsp3) is 0.235. The van der Waals surface area contributed by atoms with E-state index in [0.717, 1.165) is 0 Å². The van der Waals surface area contributed by atoms with Gasteiger partial charge in [0, 0.05) is 24.7 Å². The van der Waals surface area contributed by atoms with E-state index in [1.54, 1.807) is 12.1 Å². The molecule has 3 rings (SSSR count). The Morgan fingerprint density at radius 3 is 2.80 bits per heavy atom. The van der Waals surface area contributed by atoms with E-state index in [1.165, 1.54) is 36.3 Å². The summed E-state index contributed by atoms with van der Waals surface area (Å²) in [5.41, 5.74) is 1.22. The van der Waals surface area contributed by atoms with Crippen LogP contribution in [0.15, 0.2) is 36.4 Å². The molecule has 0 atom stereocenters. The lowest BCUT2D eigenvalue weighted by Crippen LogP contribution is -2.41. The summed E-state index contributed by atoms with van der Waals surface area (Å²) >= 11 is 0. The van der Waals surface area contributed by atoms with Crippen LogP contribution in [0.5, 0.6) is 5.75 Å². The van der Waals surface area contributed by atoms with Gasteiger partial charge >= 0.3 is 0 Å². The molecular formula is C17H16FN3O4. The first-order chi connectivity index (χ1) is 12.0. The Hall–Kier alpha value is -3.16. The summed E-state index contributed by atoms with van der Waals surface area (Å²) in [5.74, 6) is -0.183. The van der Waals surface area contributed by atoms with Crippen LogP contribution in [0.3, 0.4) is 0 Å². The molecule has 1 aliphatic rings. The Morgan fingerprint density at radius 1 is 1.32 bits per heavy atom. The largest absolute Gasteiger partial charge is 0.497 e. The van der Waals surface area contributed by atoms with Crippen LogP contribution in [-0.2, 0) is 6.42 Å². The van der Waals surface area contributed by atoms with Crippen molar-refractivity contribution in [3.63, 3.8) is 0 Å². The second-order valence-electron chi connectivity index (χ2n) is 5.60. The SMILES string of the molecule is COc1ccc(CCN2CNc3cc([N+](=O)[O-])ccc3C2=O)c(F)c1. The van der Waals surface area contributed by atoms with Gasteiger partial charge in [-0.15, -0.1) is 0 Å². The van der Waals surface area contributed by atoms with Gasteiger partial charge in [-0.2, -0.15) is 0 Å². The number of carbonyl (C=O) groups excluding carboxylic acids is 1. The molecule has 0 aliphatic carbocycles. The van der Waals surface area contributed by atoms with Crippen LogP contribution >= 0.6 is 0 Å². The summed E-state index contributed by atoms with van der Waals surface area (Å²) < 4.78 is 18.9. The first-order valence-electron chi connectivity index (χ1n) is 7.63. The molecule has 2 aromatic rings. The smallest absolute Gasteiger partial charge is 0.271 e. The molecule has 1 amide bonds. The molecule has 130 valence electrons. The molecule has 0 unspecified atom stereocenters. The van der Waals surface area contributed by atoms with E-state index in [9.17, 15) is 19.3 Å². The summed E-state index contributed by atoms with van der Waals surface area (Å²) in [6, 6.07) is 8.68. The predicted octanol–water partition coefficient (Wildman–Crippen LogP) is 2.81. The van der Waals surface area contributed by atoms with Gasteiger partial charge < -0.3 is 15.0 Å². The van der Waals surface area contributed by atoms with Crippen LogP contribution in [0.2, 0.25) is 0 Å². The van der Waals surface area contributed by atoms with E-state index < -0.39 is 4.92 Å². The van der Waals surface area contributed by atoms with Gasteiger partial charge in [0.1, 0.15) is 11.6 Å². The minimum absolute atomic E-state index is 0.0761. The number of carbonyl (C=O) groups is 1. The van der Waals surface area contributed by atoms with Crippen LogP contribution in [-0.4, -0.2) is 36.1 Å². The highest BCUT2D eigenvalue weighted by atomic mass is 19.1. The average molecular weight is 345 g/mol. The number of halogens is 1. The third-order valence-electron chi connectivity index (χ3n) is 4.10. The van der Waals surface area contributed by atoms with Crippen LogP contribution in [0.1, 0.15) is 15.9 Å². The zero-order valence-corrected chi connectivity index (χ0v) is 13.5. The Morgan fingerprint density at radius 2 is 2.12 bits per heavy atom. The molecule has 7 nitrogen and oxygen atoms in total. The second-order valence-corrected chi connectivity index (χ2v) is 5.60. The lowest BCUT2D eigenvalue weighted by molar-refractivity contribution is -0.384. The van der Waals surface area contributed by atoms with Crippen LogP contribution in [0.25, 0.3) is 0 Å². The lowest BCUT2D eigenvalue weighted by Gasteiger charge is -2.29. The number of fused-ring (bicyclic) bond motifs is 1. The number of hydrogen-bond donors (Lipinski definition) is 1. The monoisotopic (exact) mass is 345 g/mol. The molecular weight excluding hydrogens is 329 g/mol. The van der Waals surface area contributed by atoms with Crippen LogP contribution in [0, 0.1) is 15.9 Å². The highest BCUT2D eigenvalue weighted by Gasteiger charge is 2.25. The van der Waals surface area contributed by atoms with Crippen molar-refractivity contribution in [2.24, 2.45) is 0 Å². The number of nitro groups is 1. The minimum atomic E-state index is -0.509. The van der Waals surface area contributed by atoms with E-state index in [2.05, 4.69) is 5.32 Å². The number of non-ortho nitro benzene ring substituents is 1. The second kappa shape index (κ2) is 6.76. The molecule has 0 saturated heterocycles. The molecule has 8 heteroatoms. The van der Waals surface area contributed by atoms with Gasteiger partial charge in [-0.3, -0.25) is 14.9 Å². The molecule has 25 heavy (non-hydrogen) atoms. The first-order valence-corrected chi connectivity index (χ1v) is 7.63. The number of nitrogens with one attached hydrogen (secondary N) is 1. The van der Waals surface area contributed by atoms with Crippen LogP contribution in [0.4, 0.5) is 15.8 Å². The maximum Gasteiger partial charge on any atom is 0.271 e. The number of nitrogens with zero attached hydrogens (tertiary/aromatic N) is 2. The van der Waals surface area contributed by atoms with Crippen molar-refractivity contribution in [3.05, 3.63) is 63.5 Å². The van der Waals surface area contributed by atoms with Gasteiger partial charge in [0.15, 0.2) is 0 Å². The van der Waals surface area contributed by atoms with Crippen molar-refractivity contribution in [2.75, 3.05) is 25.6 Å². The lowest BCUT2D eigenvalue weighted by atomic mass is 10.1. The summed E-state index contributed by atoms with van der Waals surface area (Å²) in [4.78, 5) is 24.3. The summed E-state index contributed by atoms with van der Waals surface area (Å²) in [5, 5.41) is 13.8. The normalized spacial score (nSPS) is 13.2. The van der Waals surface area contributed by atoms with Gasteiger partial charge in [-0.1, -0.05) is 6.07 Å². The number of methoxy groups -OCH3 is 1.